The third kappa shape index (κ3) is 8.49. The Hall–Kier alpha value is -4.09. The van der Waals surface area contributed by atoms with Crippen LogP contribution in [0, 0.1) is 6.92 Å². The first-order valence-electron chi connectivity index (χ1n) is 11.3. The summed E-state index contributed by atoms with van der Waals surface area (Å²) in [4.78, 5) is 24.5. The first-order valence-corrected chi connectivity index (χ1v) is 13.5. The molecular formula is C26H27ClN4O6S. The van der Waals surface area contributed by atoms with Gasteiger partial charge in [0.15, 0.2) is 6.61 Å². The molecule has 2 N–H and O–H groups in total. The lowest BCUT2D eigenvalue weighted by atomic mass is 10.2. The molecular weight excluding hydrogens is 532 g/mol. The van der Waals surface area contributed by atoms with Crippen LogP contribution in [0.5, 0.6) is 11.5 Å². The number of benzene rings is 3. The number of nitrogens with zero attached hydrogens (tertiary/aromatic N) is 2. The summed E-state index contributed by atoms with van der Waals surface area (Å²) in [5.74, 6) is 0.202. The van der Waals surface area contributed by atoms with Gasteiger partial charge in [0.05, 0.1) is 25.3 Å². The third-order valence-corrected chi connectivity index (χ3v) is 6.71. The molecule has 3 aromatic carbocycles. The van der Waals surface area contributed by atoms with E-state index in [0.29, 0.717) is 27.8 Å². The van der Waals surface area contributed by atoms with Crippen LogP contribution in [0.1, 0.15) is 11.1 Å². The predicted octanol–water partition coefficient (Wildman–Crippen LogP) is 3.59. The van der Waals surface area contributed by atoms with Gasteiger partial charge in [0.1, 0.15) is 18.0 Å². The molecule has 0 spiro atoms. The van der Waals surface area contributed by atoms with Crippen molar-refractivity contribution in [3.63, 3.8) is 0 Å². The van der Waals surface area contributed by atoms with E-state index in [2.05, 4.69) is 15.8 Å². The van der Waals surface area contributed by atoms with Gasteiger partial charge in [-0.15, -0.1) is 0 Å². The molecule has 3 aromatic rings. The lowest BCUT2D eigenvalue weighted by Crippen LogP contribution is -2.39. The predicted molar refractivity (Wildman–Crippen MR) is 148 cm³/mol. The molecule has 2 amide bonds. The number of methoxy groups -OCH3 is 1. The summed E-state index contributed by atoms with van der Waals surface area (Å²) in [5.41, 5.74) is 4.64. The van der Waals surface area contributed by atoms with E-state index in [4.69, 9.17) is 21.1 Å². The molecule has 0 saturated carbocycles. The molecule has 0 atom stereocenters. The summed E-state index contributed by atoms with van der Waals surface area (Å²) in [6.07, 6.45) is 2.40. The number of hydrogen-bond acceptors (Lipinski definition) is 7. The molecule has 38 heavy (non-hydrogen) atoms. The zero-order chi connectivity index (χ0) is 27.7. The SMILES string of the molecule is COc1ccc(NC(=O)COc2ccc(/C=N\NC(=O)CN(c3ccc(C)c(Cl)c3)S(C)(=O)=O)cc2)cc1. The first-order chi connectivity index (χ1) is 18.0. The van der Waals surface area contributed by atoms with Crippen LogP contribution in [0.3, 0.4) is 0 Å². The molecule has 10 nitrogen and oxygen atoms in total. The zero-order valence-corrected chi connectivity index (χ0v) is 22.5. The number of nitrogens with one attached hydrogen (secondary N) is 2. The Morgan fingerprint density at radius 2 is 1.66 bits per heavy atom. The number of rotatable bonds is 11. The monoisotopic (exact) mass is 558 g/mol. The van der Waals surface area contributed by atoms with Gasteiger partial charge in [-0.3, -0.25) is 13.9 Å². The molecule has 0 aliphatic carbocycles. The molecule has 0 heterocycles. The number of hydrogen-bond donors (Lipinski definition) is 2. The molecule has 0 aromatic heterocycles. The molecule has 0 aliphatic heterocycles. The second-order valence-electron chi connectivity index (χ2n) is 8.13. The van der Waals surface area contributed by atoms with Crippen LogP contribution in [0.4, 0.5) is 11.4 Å². The van der Waals surface area contributed by atoms with Crippen LogP contribution >= 0.6 is 11.6 Å². The van der Waals surface area contributed by atoms with E-state index in [1.165, 1.54) is 12.3 Å². The lowest BCUT2D eigenvalue weighted by molar-refractivity contribution is -0.119. The summed E-state index contributed by atoms with van der Waals surface area (Å²) in [7, 11) is -2.18. The van der Waals surface area contributed by atoms with Gasteiger partial charge in [-0.05, 0) is 78.7 Å². The van der Waals surface area contributed by atoms with Gasteiger partial charge in [0.2, 0.25) is 10.0 Å². The lowest BCUT2D eigenvalue weighted by Gasteiger charge is -2.21. The normalized spacial score (nSPS) is 11.2. The van der Waals surface area contributed by atoms with Crippen LogP contribution in [0.2, 0.25) is 5.02 Å². The van der Waals surface area contributed by atoms with Crippen LogP contribution in [-0.4, -0.2) is 53.0 Å². The van der Waals surface area contributed by atoms with E-state index in [1.54, 1.807) is 74.7 Å². The molecule has 3 rings (SSSR count). The second kappa shape index (κ2) is 12.9. The fourth-order valence-corrected chi connectivity index (χ4v) is 4.17. The average molecular weight is 559 g/mol. The fourth-order valence-electron chi connectivity index (χ4n) is 3.15. The van der Waals surface area contributed by atoms with Gasteiger partial charge in [0, 0.05) is 10.7 Å². The van der Waals surface area contributed by atoms with Gasteiger partial charge in [0.25, 0.3) is 11.8 Å². The number of amides is 2. The summed E-state index contributed by atoms with van der Waals surface area (Å²) >= 11 is 6.11. The van der Waals surface area contributed by atoms with E-state index in [-0.39, 0.29) is 18.2 Å². The highest BCUT2D eigenvalue weighted by Crippen LogP contribution is 2.24. The van der Waals surface area contributed by atoms with Crippen molar-refractivity contribution < 1.29 is 27.5 Å². The molecule has 0 aliphatic rings. The quantitative estimate of drug-likeness (QED) is 0.273. The Kier molecular flexibility index (Phi) is 9.69. The largest absolute Gasteiger partial charge is 0.497 e. The molecule has 12 heteroatoms. The van der Waals surface area contributed by atoms with Crippen molar-refractivity contribution in [2.45, 2.75) is 6.92 Å². The maximum absolute atomic E-state index is 12.4. The topological polar surface area (TPSA) is 126 Å². The van der Waals surface area contributed by atoms with Crippen molar-refractivity contribution in [3.05, 3.63) is 82.9 Å². The maximum atomic E-state index is 12.4. The molecule has 0 radical (unpaired) electrons. The number of aryl methyl sites for hydroxylation is 1. The minimum Gasteiger partial charge on any atom is -0.497 e. The van der Waals surface area contributed by atoms with Crippen LogP contribution in [0.25, 0.3) is 0 Å². The van der Waals surface area contributed by atoms with Gasteiger partial charge < -0.3 is 14.8 Å². The van der Waals surface area contributed by atoms with Crippen LogP contribution in [0.15, 0.2) is 71.8 Å². The molecule has 200 valence electrons. The van der Waals surface area contributed by atoms with E-state index in [9.17, 15) is 18.0 Å². The Morgan fingerprint density at radius 3 is 2.26 bits per heavy atom. The van der Waals surface area contributed by atoms with Crippen molar-refractivity contribution in [2.75, 3.05) is 36.1 Å². The van der Waals surface area contributed by atoms with Crippen LogP contribution in [-0.2, 0) is 19.6 Å². The maximum Gasteiger partial charge on any atom is 0.262 e. The summed E-state index contributed by atoms with van der Waals surface area (Å²) in [5, 5.41) is 6.99. The van der Waals surface area contributed by atoms with E-state index in [0.717, 1.165) is 16.1 Å². The molecule has 0 bridgehead atoms. The second-order valence-corrected chi connectivity index (χ2v) is 10.4. The van der Waals surface area contributed by atoms with Gasteiger partial charge >= 0.3 is 0 Å². The highest BCUT2D eigenvalue weighted by Gasteiger charge is 2.21. The van der Waals surface area contributed by atoms with Gasteiger partial charge in [-0.1, -0.05) is 17.7 Å². The Balaban J connectivity index is 1.49. The number of hydrazone groups is 1. The van der Waals surface area contributed by atoms with E-state index in [1.807, 2.05) is 0 Å². The fraction of sp³-hybridized carbons (Fsp3) is 0.192. The van der Waals surface area contributed by atoms with Crippen molar-refractivity contribution in [1.29, 1.82) is 0 Å². The Morgan fingerprint density at radius 1 is 1.00 bits per heavy atom. The number of carbonyl (C=O) groups is 2. The smallest absolute Gasteiger partial charge is 0.262 e. The van der Waals surface area contributed by atoms with Crippen molar-refractivity contribution in [1.82, 2.24) is 5.43 Å². The standard InChI is InChI=1S/C26H27ClN4O6S/c1-18-4-9-21(14-24(18)27)31(38(3,34)35)16-25(32)30-28-15-19-5-10-23(11-6-19)37-17-26(33)29-20-7-12-22(36-2)13-8-20/h4-15H,16-17H2,1-3H3,(H,29,33)(H,30,32)/b28-15-. The minimum atomic E-state index is -3.74. The number of halogens is 1. The molecule has 0 fully saturated rings. The summed E-state index contributed by atoms with van der Waals surface area (Å²) < 4.78 is 36.0. The number of sulfonamides is 1. The van der Waals surface area contributed by atoms with Crippen LogP contribution < -0.4 is 24.5 Å². The summed E-state index contributed by atoms with van der Waals surface area (Å²) in [6.45, 7) is 1.14. The summed E-state index contributed by atoms with van der Waals surface area (Å²) in [6, 6.07) is 18.3. The van der Waals surface area contributed by atoms with Crippen molar-refractivity contribution in [2.24, 2.45) is 5.10 Å². The first kappa shape index (κ1) is 28.5. The molecule has 0 unspecified atom stereocenters. The van der Waals surface area contributed by atoms with E-state index < -0.39 is 22.5 Å². The minimum absolute atomic E-state index is 0.182. The number of ether oxygens (including phenoxy) is 2. The Labute approximate surface area is 226 Å². The van der Waals surface area contributed by atoms with E-state index >= 15 is 0 Å². The zero-order valence-electron chi connectivity index (χ0n) is 21.0. The highest BCUT2D eigenvalue weighted by atomic mass is 35.5. The average Bonchev–Trinajstić information content (AvgIpc) is 2.88. The van der Waals surface area contributed by atoms with Gasteiger partial charge in [-0.2, -0.15) is 5.10 Å². The number of carbonyl (C=O) groups excluding carboxylic acids is 2. The van der Waals surface area contributed by atoms with Gasteiger partial charge in [-0.25, -0.2) is 13.8 Å². The Bertz CT molecular complexity index is 1410. The molecule has 0 saturated heterocycles. The highest BCUT2D eigenvalue weighted by molar-refractivity contribution is 7.92. The van der Waals surface area contributed by atoms with Crippen molar-refractivity contribution in [3.8, 4) is 11.5 Å². The number of anilines is 2. The third-order valence-electron chi connectivity index (χ3n) is 5.16. The van der Waals surface area contributed by atoms with Crippen molar-refractivity contribution >= 4 is 51.0 Å².